The van der Waals surface area contributed by atoms with E-state index in [9.17, 15) is 13.2 Å². The van der Waals surface area contributed by atoms with E-state index < -0.39 is 10.0 Å². The van der Waals surface area contributed by atoms with E-state index in [1.165, 1.54) is 23.5 Å². The summed E-state index contributed by atoms with van der Waals surface area (Å²) in [5.74, 6) is 0.976. The fraction of sp³-hybridized carbons (Fsp3) is 0.409. The van der Waals surface area contributed by atoms with Crippen molar-refractivity contribution in [2.24, 2.45) is 0 Å². The maximum Gasteiger partial charge on any atom is 0.243 e. The van der Waals surface area contributed by atoms with Crippen molar-refractivity contribution in [1.29, 1.82) is 0 Å². The molecule has 0 aliphatic rings. The Bertz CT molecular complexity index is 939. The molecule has 2 aromatic carbocycles. The highest BCUT2D eigenvalue weighted by molar-refractivity contribution is 7.89. The molecule has 0 aliphatic carbocycles. The van der Waals surface area contributed by atoms with Gasteiger partial charge >= 0.3 is 0 Å². The summed E-state index contributed by atoms with van der Waals surface area (Å²) in [5.41, 5.74) is 1.35. The molecule has 1 N–H and O–H groups in total. The van der Waals surface area contributed by atoms with E-state index in [1.54, 1.807) is 19.9 Å². The number of nitrogens with one attached hydrogen (secondary N) is 1. The maximum atomic E-state index is 12.8. The lowest BCUT2D eigenvalue weighted by Crippen LogP contribution is -2.30. The monoisotopic (exact) mass is 434 g/mol. The predicted molar refractivity (Wildman–Crippen MR) is 118 cm³/mol. The van der Waals surface area contributed by atoms with E-state index >= 15 is 0 Å². The third-order valence-electron chi connectivity index (χ3n) is 4.66. The van der Waals surface area contributed by atoms with Crippen molar-refractivity contribution in [3.8, 4) is 11.5 Å². The minimum absolute atomic E-state index is 0.119. The molecule has 30 heavy (non-hydrogen) atoms. The van der Waals surface area contributed by atoms with Gasteiger partial charge in [-0.1, -0.05) is 26.0 Å². The standard InChI is InChI=1S/C22H30N2O5S/c1-5-24(6-2)30(26,27)19-13-14-21(28-4)20(16-19)23-22(25)15-10-17-8-11-18(12-9-17)29-7-3/h8-9,11-14,16H,5-7,10,15H2,1-4H3,(H,23,25). The number of nitrogens with zero attached hydrogens (tertiary/aromatic N) is 1. The topological polar surface area (TPSA) is 84.9 Å². The second kappa shape index (κ2) is 11.0. The fourth-order valence-corrected chi connectivity index (χ4v) is 4.53. The van der Waals surface area contributed by atoms with E-state index in [0.717, 1.165) is 11.3 Å². The van der Waals surface area contributed by atoms with Crippen molar-refractivity contribution in [3.63, 3.8) is 0 Å². The van der Waals surface area contributed by atoms with Crippen LogP contribution in [0.25, 0.3) is 0 Å². The van der Waals surface area contributed by atoms with Crippen LogP contribution in [0.4, 0.5) is 5.69 Å². The summed E-state index contributed by atoms with van der Waals surface area (Å²) >= 11 is 0. The largest absolute Gasteiger partial charge is 0.495 e. The first-order chi connectivity index (χ1) is 14.3. The average molecular weight is 435 g/mol. The quantitative estimate of drug-likeness (QED) is 0.583. The van der Waals surface area contributed by atoms with Crippen LogP contribution in [-0.2, 0) is 21.2 Å². The molecule has 0 bridgehead atoms. The van der Waals surface area contributed by atoms with Gasteiger partial charge in [0.25, 0.3) is 0 Å². The molecule has 8 heteroatoms. The fourth-order valence-electron chi connectivity index (χ4n) is 3.05. The van der Waals surface area contributed by atoms with Crippen molar-refractivity contribution in [2.45, 2.75) is 38.5 Å². The third-order valence-corrected chi connectivity index (χ3v) is 6.71. The van der Waals surface area contributed by atoms with Gasteiger partial charge in [0.2, 0.25) is 15.9 Å². The van der Waals surface area contributed by atoms with Crippen LogP contribution in [0.3, 0.4) is 0 Å². The zero-order valence-corrected chi connectivity index (χ0v) is 18.8. The number of anilines is 1. The van der Waals surface area contributed by atoms with Gasteiger partial charge in [-0.3, -0.25) is 4.79 Å². The summed E-state index contributed by atoms with van der Waals surface area (Å²) in [4.78, 5) is 12.6. The van der Waals surface area contributed by atoms with Gasteiger partial charge in [0.15, 0.2) is 0 Å². The number of amides is 1. The van der Waals surface area contributed by atoms with Crippen LogP contribution in [-0.4, -0.2) is 45.4 Å². The molecule has 0 unspecified atom stereocenters. The van der Waals surface area contributed by atoms with Crippen molar-refractivity contribution < 1.29 is 22.7 Å². The highest BCUT2D eigenvalue weighted by Crippen LogP contribution is 2.29. The van der Waals surface area contributed by atoms with Gasteiger partial charge in [-0.25, -0.2) is 8.42 Å². The SMILES string of the molecule is CCOc1ccc(CCC(=O)Nc2cc(S(=O)(=O)N(CC)CC)ccc2OC)cc1. The smallest absolute Gasteiger partial charge is 0.243 e. The molecule has 0 saturated carbocycles. The molecule has 0 radical (unpaired) electrons. The molecule has 0 fully saturated rings. The Morgan fingerprint density at radius 1 is 1.03 bits per heavy atom. The van der Waals surface area contributed by atoms with Gasteiger partial charge in [-0.2, -0.15) is 4.31 Å². The molecule has 0 aromatic heterocycles. The Morgan fingerprint density at radius 2 is 1.70 bits per heavy atom. The van der Waals surface area contributed by atoms with Gasteiger partial charge in [0, 0.05) is 19.5 Å². The summed E-state index contributed by atoms with van der Waals surface area (Å²) in [6, 6.07) is 12.1. The van der Waals surface area contributed by atoms with Crippen molar-refractivity contribution in [1.82, 2.24) is 4.31 Å². The Kier molecular flexibility index (Phi) is 8.68. The number of aryl methyl sites for hydroxylation is 1. The zero-order chi connectivity index (χ0) is 22.1. The summed E-state index contributed by atoms with van der Waals surface area (Å²) in [5, 5.41) is 2.78. The normalized spacial score (nSPS) is 11.4. The summed E-state index contributed by atoms with van der Waals surface area (Å²) in [7, 11) is -2.16. The molecule has 7 nitrogen and oxygen atoms in total. The van der Waals surface area contributed by atoms with Crippen molar-refractivity contribution in [3.05, 3.63) is 48.0 Å². The summed E-state index contributed by atoms with van der Waals surface area (Å²) in [6.45, 7) is 6.84. The molecule has 0 saturated heterocycles. The number of carbonyl (C=O) groups excluding carboxylic acids is 1. The zero-order valence-electron chi connectivity index (χ0n) is 18.0. The summed E-state index contributed by atoms with van der Waals surface area (Å²) < 4.78 is 37.6. The van der Waals surface area contributed by atoms with Gasteiger partial charge in [0.1, 0.15) is 11.5 Å². The third kappa shape index (κ3) is 5.96. The van der Waals surface area contributed by atoms with Crippen LogP contribution in [0.1, 0.15) is 32.8 Å². The Balaban J connectivity index is 2.11. The second-order valence-electron chi connectivity index (χ2n) is 6.58. The lowest BCUT2D eigenvalue weighted by Gasteiger charge is -2.19. The molecule has 0 atom stereocenters. The number of hydrogen-bond acceptors (Lipinski definition) is 5. The van der Waals surface area contributed by atoms with Crippen LogP contribution in [0.15, 0.2) is 47.4 Å². The van der Waals surface area contributed by atoms with E-state index in [-0.39, 0.29) is 17.2 Å². The molecule has 164 valence electrons. The lowest BCUT2D eigenvalue weighted by atomic mass is 10.1. The number of methoxy groups -OCH3 is 1. The Morgan fingerprint density at radius 3 is 2.27 bits per heavy atom. The highest BCUT2D eigenvalue weighted by Gasteiger charge is 2.23. The minimum Gasteiger partial charge on any atom is -0.495 e. The lowest BCUT2D eigenvalue weighted by molar-refractivity contribution is -0.116. The Hall–Kier alpha value is -2.58. The van der Waals surface area contributed by atoms with Gasteiger partial charge in [-0.05, 0) is 49.2 Å². The number of hydrogen-bond donors (Lipinski definition) is 1. The first kappa shape index (κ1) is 23.7. The highest BCUT2D eigenvalue weighted by atomic mass is 32.2. The van der Waals surface area contributed by atoms with Gasteiger partial charge in [0.05, 0.1) is 24.3 Å². The molecule has 0 aliphatic heterocycles. The molecule has 2 rings (SSSR count). The van der Waals surface area contributed by atoms with E-state index in [2.05, 4.69) is 5.32 Å². The van der Waals surface area contributed by atoms with Crippen LogP contribution in [0.2, 0.25) is 0 Å². The molecular formula is C22H30N2O5S. The van der Waals surface area contributed by atoms with Crippen molar-refractivity contribution >= 4 is 21.6 Å². The molecule has 0 spiro atoms. The van der Waals surface area contributed by atoms with Crippen molar-refractivity contribution in [2.75, 3.05) is 32.1 Å². The number of rotatable bonds is 11. The molecule has 1 amide bonds. The first-order valence-corrected chi connectivity index (χ1v) is 11.5. The van der Waals surface area contributed by atoms with E-state index in [0.29, 0.717) is 37.6 Å². The van der Waals surface area contributed by atoms with E-state index in [1.807, 2.05) is 31.2 Å². The predicted octanol–water partition coefficient (Wildman–Crippen LogP) is 3.70. The van der Waals surface area contributed by atoms with Crippen LogP contribution < -0.4 is 14.8 Å². The van der Waals surface area contributed by atoms with E-state index in [4.69, 9.17) is 9.47 Å². The number of benzene rings is 2. The average Bonchev–Trinajstić information content (AvgIpc) is 2.74. The summed E-state index contributed by atoms with van der Waals surface area (Å²) in [6.07, 6.45) is 0.808. The van der Waals surface area contributed by atoms with Crippen LogP contribution in [0.5, 0.6) is 11.5 Å². The minimum atomic E-state index is -3.63. The van der Waals surface area contributed by atoms with Crippen LogP contribution >= 0.6 is 0 Å². The van der Waals surface area contributed by atoms with Gasteiger partial charge in [-0.15, -0.1) is 0 Å². The maximum absolute atomic E-state index is 12.8. The molecular weight excluding hydrogens is 404 g/mol. The Labute approximate surface area is 179 Å². The molecule has 0 heterocycles. The number of carbonyl (C=O) groups is 1. The molecule has 2 aromatic rings. The first-order valence-electron chi connectivity index (χ1n) is 10.0. The number of sulfonamides is 1. The number of ether oxygens (including phenoxy) is 2. The second-order valence-corrected chi connectivity index (χ2v) is 8.51. The van der Waals surface area contributed by atoms with Gasteiger partial charge < -0.3 is 14.8 Å². The van der Waals surface area contributed by atoms with Crippen LogP contribution in [0, 0.1) is 0 Å².